The molecule has 5 N–H and O–H groups in total. The lowest BCUT2D eigenvalue weighted by Crippen LogP contribution is -2.11. The minimum Gasteiger partial charge on any atom is -0.398 e. The van der Waals surface area contributed by atoms with Crippen LogP contribution in [0.4, 0.5) is 5.69 Å². The van der Waals surface area contributed by atoms with Gasteiger partial charge in [0.15, 0.2) is 0 Å². The first-order valence-electron chi connectivity index (χ1n) is 6.48. The number of primary sulfonamides is 1. The van der Waals surface area contributed by atoms with Crippen molar-refractivity contribution in [2.45, 2.75) is 4.90 Å². The lowest BCUT2D eigenvalue weighted by Gasteiger charge is -2.08. The van der Waals surface area contributed by atoms with Crippen molar-refractivity contribution in [1.29, 1.82) is 0 Å². The second-order valence-electron chi connectivity index (χ2n) is 4.54. The lowest BCUT2D eigenvalue weighted by molar-refractivity contribution is 0.598. The summed E-state index contributed by atoms with van der Waals surface area (Å²) >= 11 is 1.33. The number of rotatable bonds is 6. The van der Waals surface area contributed by atoms with Crippen molar-refractivity contribution in [1.82, 2.24) is 4.98 Å². The van der Waals surface area contributed by atoms with Gasteiger partial charge in [0, 0.05) is 34.7 Å². The molecule has 2 aromatic rings. The van der Waals surface area contributed by atoms with Crippen molar-refractivity contribution in [3.05, 3.63) is 71.4 Å². The molecule has 0 saturated heterocycles. The summed E-state index contributed by atoms with van der Waals surface area (Å²) in [6.45, 7) is 3.88. The summed E-state index contributed by atoms with van der Waals surface area (Å²) in [5.41, 5.74) is 8.14. The van der Waals surface area contributed by atoms with Gasteiger partial charge in [0.2, 0.25) is 10.0 Å². The van der Waals surface area contributed by atoms with Gasteiger partial charge in [-0.05, 0) is 36.4 Å². The van der Waals surface area contributed by atoms with E-state index in [0.717, 1.165) is 5.56 Å². The van der Waals surface area contributed by atoms with Crippen molar-refractivity contribution in [3.63, 3.8) is 0 Å². The minimum absolute atomic E-state index is 0.0585. The lowest BCUT2D eigenvalue weighted by atomic mass is 10.2. The molecule has 0 saturated carbocycles. The number of nitrogens with two attached hydrogens (primary N) is 2. The van der Waals surface area contributed by atoms with Gasteiger partial charge in [-0.25, -0.2) is 13.6 Å². The van der Waals surface area contributed by atoms with Crippen LogP contribution in [0.3, 0.4) is 0 Å². The molecule has 23 heavy (non-hydrogen) atoms. The molecule has 6 nitrogen and oxygen atoms in total. The smallest absolute Gasteiger partial charge is 0.238 e. The summed E-state index contributed by atoms with van der Waals surface area (Å²) in [5, 5.41) is 10.5. The quantitative estimate of drug-likeness (QED) is 0.738. The molecule has 0 amide bonds. The first kappa shape index (κ1) is 17.1. The Morgan fingerprint density at radius 3 is 2.35 bits per heavy atom. The number of pyridine rings is 1. The largest absolute Gasteiger partial charge is 0.398 e. The van der Waals surface area contributed by atoms with Crippen LogP contribution in [0.25, 0.3) is 5.70 Å². The highest BCUT2D eigenvalue weighted by Crippen LogP contribution is 2.22. The van der Waals surface area contributed by atoms with Crippen LogP contribution < -0.4 is 16.2 Å². The Morgan fingerprint density at radius 1 is 1.17 bits per heavy atom. The Labute approximate surface area is 139 Å². The zero-order chi connectivity index (χ0) is 16.9. The first-order chi connectivity index (χ1) is 10.9. The number of hydrogen-bond donors (Lipinski definition) is 3. The molecule has 0 spiro atoms. The molecular weight excluding hydrogens is 332 g/mol. The predicted molar refractivity (Wildman–Crippen MR) is 94.6 cm³/mol. The highest BCUT2D eigenvalue weighted by atomic mass is 32.2. The van der Waals surface area contributed by atoms with Crippen molar-refractivity contribution in [2.24, 2.45) is 10.9 Å². The third-order valence-electron chi connectivity index (χ3n) is 2.81. The number of anilines is 1. The third-order valence-corrected chi connectivity index (χ3v) is 4.50. The Bertz CT molecular complexity index is 816. The van der Waals surface area contributed by atoms with Gasteiger partial charge in [-0.15, -0.1) is 0 Å². The summed E-state index contributed by atoms with van der Waals surface area (Å²) in [6.07, 6.45) is 3.33. The Morgan fingerprint density at radius 2 is 1.78 bits per heavy atom. The zero-order valence-corrected chi connectivity index (χ0v) is 13.8. The van der Waals surface area contributed by atoms with E-state index in [9.17, 15) is 8.42 Å². The highest BCUT2D eigenvalue weighted by molar-refractivity contribution is 8.06. The summed E-state index contributed by atoms with van der Waals surface area (Å²) in [6, 6.07) is 9.71. The average Bonchev–Trinajstić information content (AvgIpc) is 2.53. The molecule has 1 heterocycles. The van der Waals surface area contributed by atoms with Gasteiger partial charge in [-0.3, -0.25) is 4.98 Å². The van der Waals surface area contributed by atoms with Gasteiger partial charge in [0.25, 0.3) is 0 Å². The number of nitrogens with zero attached hydrogens (tertiary/aromatic N) is 1. The molecule has 0 unspecified atom stereocenters. The van der Waals surface area contributed by atoms with Crippen LogP contribution in [0.5, 0.6) is 0 Å². The van der Waals surface area contributed by atoms with Gasteiger partial charge in [0.1, 0.15) is 0 Å². The Balaban J connectivity index is 1.97. The van der Waals surface area contributed by atoms with E-state index < -0.39 is 10.0 Å². The summed E-state index contributed by atoms with van der Waals surface area (Å²) in [4.78, 5) is 3.99. The monoisotopic (exact) mass is 348 g/mol. The first-order valence-corrected chi connectivity index (χ1v) is 8.90. The molecule has 0 aliphatic heterocycles. The van der Waals surface area contributed by atoms with Crippen LogP contribution in [0.15, 0.2) is 70.7 Å². The Kier molecular flexibility index (Phi) is 5.43. The van der Waals surface area contributed by atoms with Crippen LogP contribution in [-0.2, 0) is 10.0 Å². The second-order valence-corrected chi connectivity index (χ2v) is 7.07. The number of sulfonamides is 1. The van der Waals surface area contributed by atoms with E-state index in [-0.39, 0.29) is 4.90 Å². The molecular formula is C15H16N4O2S2. The SMILES string of the molecule is C=C(Nc1ccc(S(N)(=O)=O)cc1)S/C=C(\N)c1ccncc1. The zero-order valence-electron chi connectivity index (χ0n) is 12.1. The van der Waals surface area contributed by atoms with Crippen LogP contribution in [0.2, 0.25) is 0 Å². The molecule has 1 aromatic carbocycles. The number of hydrogen-bond acceptors (Lipinski definition) is 6. The van der Waals surface area contributed by atoms with Crippen molar-refractivity contribution in [3.8, 4) is 0 Å². The predicted octanol–water partition coefficient (Wildman–Crippen LogP) is 2.30. The van der Waals surface area contributed by atoms with Crippen LogP contribution in [-0.4, -0.2) is 13.4 Å². The fourth-order valence-corrected chi connectivity index (χ4v) is 2.76. The van der Waals surface area contributed by atoms with E-state index in [0.29, 0.717) is 16.4 Å². The van der Waals surface area contributed by atoms with Gasteiger partial charge in [-0.1, -0.05) is 18.3 Å². The number of nitrogens with one attached hydrogen (secondary N) is 1. The topological polar surface area (TPSA) is 111 Å². The van der Waals surface area contributed by atoms with Gasteiger partial charge in [-0.2, -0.15) is 0 Å². The molecule has 8 heteroatoms. The number of thioether (sulfide) groups is 1. The molecule has 2 rings (SSSR count). The van der Waals surface area contributed by atoms with Gasteiger partial charge < -0.3 is 11.1 Å². The van der Waals surface area contributed by atoms with Crippen LogP contribution in [0.1, 0.15) is 5.56 Å². The van der Waals surface area contributed by atoms with Crippen LogP contribution >= 0.6 is 11.8 Å². The fourth-order valence-electron chi connectivity index (χ4n) is 1.67. The summed E-state index contributed by atoms with van der Waals surface area (Å²) in [5.74, 6) is 0. The second kappa shape index (κ2) is 7.32. The van der Waals surface area contributed by atoms with E-state index in [1.165, 1.54) is 23.9 Å². The Hall–Kier alpha value is -2.29. The van der Waals surface area contributed by atoms with E-state index in [4.69, 9.17) is 10.9 Å². The van der Waals surface area contributed by atoms with Gasteiger partial charge >= 0.3 is 0 Å². The minimum atomic E-state index is -3.69. The van der Waals surface area contributed by atoms with Crippen LogP contribution in [0, 0.1) is 0 Å². The fraction of sp³-hybridized carbons (Fsp3) is 0. The molecule has 0 fully saturated rings. The third kappa shape index (κ3) is 5.13. The molecule has 0 atom stereocenters. The van der Waals surface area contributed by atoms with E-state index in [1.807, 2.05) is 12.1 Å². The molecule has 0 aliphatic rings. The van der Waals surface area contributed by atoms with E-state index in [2.05, 4.69) is 16.9 Å². The maximum absolute atomic E-state index is 11.2. The molecule has 1 aromatic heterocycles. The number of aromatic nitrogens is 1. The van der Waals surface area contributed by atoms with E-state index >= 15 is 0 Å². The summed E-state index contributed by atoms with van der Waals surface area (Å²) < 4.78 is 22.4. The standard InChI is InChI=1S/C15H16N4O2S2/c1-11(22-10-15(16)12-6-8-18-9-7-12)19-13-2-4-14(5-3-13)23(17,20)21/h2-10,19H,1,16H2,(H2,17,20,21)/b15-10-. The summed E-state index contributed by atoms with van der Waals surface area (Å²) in [7, 11) is -3.69. The molecule has 0 aliphatic carbocycles. The maximum atomic E-state index is 11.2. The van der Waals surface area contributed by atoms with Crippen molar-refractivity contribution >= 4 is 33.2 Å². The average molecular weight is 348 g/mol. The number of benzene rings is 1. The maximum Gasteiger partial charge on any atom is 0.238 e. The molecule has 0 radical (unpaired) electrons. The van der Waals surface area contributed by atoms with Crippen molar-refractivity contribution < 1.29 is 8.42 Å². The molecule has 120 valence electrons. The molecule has 0 bridgehead atoms. The van der Waals surface area contributed by atoms with Crippen molar-refractivity contribution in [2.75, 3.05) is 5.32 Å². The van der Waals surface area contributed by atoms with Gasteiger partial charge in [0.05, 0.1) is 9.92 Å². The van der Waals surface area contributed by atoms with E-state index in [1.54, 1.807) is 29.9 Å². The highest BCUT2D eigenvalue weighted by Gasteiger charge is 2.06. The normalized spacial score (nSPS) is 12.0.